The van der Waals surface area contributed by atoms with E-state index in [-0.39, 0.29) is 5.41 Å². The van der Waals surface area contributed by atoms with Gasteiger partial charge in [0.05, 0.1) is 0 Å². The number of hydrogen-bond acceptors (Lipinski definition) is 1. The van der Waals surface area contributed by atoms with E-state index in [4.69, 9.17) is 4.74 Å². The van der Waals surface area contributed by atoms with Crippen molar-refractivity contribution in [1.82, 2.24) is 0 Å². The van der Waals surface area contributed by atoms with Crippen molar-refractivity contribution < 1.29 is 4.74 Å². The summed E-state index contributed by atoms with van der Waals surface area (Å²) in [5.41, 5.74) is 2.54. The first-order chi connectivity index (χ1) is 9.69. The van der Waals surface area contributed by atoms with E-state index in [0.717, 1.165) is 11.5 Å². The Bertz CT molecular complexity index is 493. The molecule has 2 aromatic rings. The van der Waals surface area contributed by atoms with Gasteiger partial charge in [0, 0.05) is 16.5 Å². The third kappa shape index (κ3) is 2.87. The van der Waals surface area contributed by atoms with Crippen LogP contribution in [-0.2, 0) is 5.41 Å². The number of hydrogen-bond donors (Lipinski definition) is 0. The molecular weight excluding hydrogens is 244 g/mol. The summed E-state index contributed by atoms with van der Waals surface area (Å²) < 4.78 is 5.91. The topological polar surface area (TPSA) is 9.23 Å². The van der Waals surface area contributed by atoms with Crippen LogP contribution < -0.4 is 4.74 Å². The Kier molecular flexibility index (Phi) is 5.82. The third-order valence-electron chi connectivity index (χ3n) is 3.34. The maximum Gasteiger partial charge on any atom is 0.131 e. The third-order valence-corrected chi connectivity index (χ3v) is 3.34. The van der Waals surface area contributed by atoms with Crippen LogP contribution in [0.5, 0.6) is 11.5 Å². The lowest BCUT2D eigenvalue weighted by molar-refractivity contribution is 0.418. The summed E-state index contributed by atoms with van der Waals surface area (Å²) in [5, 5.41) is 0. The molecule has 0 spiro atoms. The molecule has 0 saturated carbocycles. The molecule has 0 amide bonds. The smallest absolute Gasteiger partial charge is 0.131 e. The molecule has 1 heteroatoms. The van der Waals surface area contributed by atoms with Gasteiger partial charge in [-0.1, -0.05) is 77.9 Å². The summed E-state index contributed by atoms with van der Waals surface area (Å²) in [6.45, 7) is 12.5. The summed E-state index contributed by atoms with van der Waals surface area (Å²) in [7, 11) is 0. The summed E-state index contributed by atoms with van der Waals surface area (Å²) in [6.07, 6.45) is 0. The van der Waals surface area contributed by atoms with E-state index in [2.05, 4.69) is 38.1 Å². The molecule has 0 fully saturated rings. The van der Waals surface area contributed by atoms with Crippen molar-refractivity contribution in [2.75, 3.05) is 0 Å². The van der Waals surface area contributed by atoms with Crippen LogP contribution in [0.3, 0.4) is 0 Å². The molecule has 3 rings (SSSR count). The van der Waals surface area contributed by atoms with Gasteiger partial charge in [-0.05, 0) is 12.1 Å². The van der Waals surface area contributed by atoms with Gasteiger partial charge >= 0.3 is 0 Å². The largest absolute Gasteiger partial charge is 0.457 e. The molecule has 0 aliphatic carbocycles. The van der Waals surface area contributed by atoms with E-state index in [0.29, 0.717) is 0 Å². The molecule has 2 aromatic carbocycles. The average Bonchev–Trinajstić information content (AvgIpc) is 2.52. The van der Waals surface area contributed by atoms with E-state index < -0.39 is 0 Å². The minimum absolute atomic E-state index is 0.0193. The zero-order chi connectivity index (χ0) is 15.2. The molecule has 0 radical (unpaired) electrons. The first kappa shape index (κ1) is 16.3. The van der Waals surface area contributed by atoms with Gasteiger partial charge in [0.2, 0.25) is 0 Å². The van der Waals surface area contributed by atoms with Gasteiger partial charge in [-0.2, -0.15) is 0 Å². The quantitative estimate of drug-likeness (QED) is 0.556. The molecule has 0 N–H and O–H groups in total. The molecule has 0 bridgehead atoms. The number of para-hydroxylation sites is 2. The van der Waals surface area contributed by atoms with Crippen molar-refractivity contribution in [3.05, 3.63) is 59.7 Å². The van der Waals surface area contributed by atoms with Crippen LogP contribution in [0.1, 0.15) is 52.7 Å². The van der Waals surface area contributed by atoms with Crippen LogP contribution in [0.25, 0.3) is 0 Å². The van der Waals surface area contributed by atoms with Gasteiger partial charge in [0.1, 0.15) is 11.5 Å². The lowest BCUT2D eigenvalue weighted by atomic mass is 9.76. The molecule has 0 unspecified atom stereocenters. The van der Waals surface area contributed by atoms with Crippen LogP contribution in [0, 0.1) is 0 Å². The fourth-order valence-electron chi connectivity index (χ4n) is 2.41. The number of rotatable bonds is 0. The fourth-order valence-corrected chi connectivity index (χ4v) is 2.41. The summed E-state index contributed by atoms with van der Waals surface area (Å²) >= 11 is 0. The first-order valence-corrected chi connectivity index (χ1v) is 7.56. The minimum Gasteiger partial charge on any atom is -0.457 e. The number of ether oxygens (including phenoxy) is 1. The highest BCUT2D eigenvalue weighted by Gasteiger charge is 2.33. The Hall–Kier alpha value is -1.76. The van der Waals surface area contributed by atoms with Crippen molar-refractivity contribution in [3.63, 3.8) is 0 Å². The van der Waals surface area contributed by atoms with Crippen LogP contribution in [-0.4, -0.2) is 0 Å². The lowest BCUT2D eigenvalue weighted by Crippen LogP contribution is -2.23. The Morgan fingerprint density at radius 2 is 1.00 bits per heavy atom. The Morgan fingerprint density at radius 3 is 1.40 bits per heavy atom. The van der Waals surface area contributed by atoms with Crippen molar-refractivity contribution in [1.29, 1.82) is 0 Å². The Balaban J connectivity index is 0.000000461. The summed E-state index contributed by atoms with van der Waals surface area (Å²) in [4.78, 5) is 0. The predicted molar refractivity (Wildman–Crippen MR) is 87.8 cm³/mol. The maximum absolute atomic E-state index is 5.91. The van der Waals surface area contributed by atoms with Crippen molar-refractivity contribution in [3.8, 4) is 11.5 Å². The zero-order valence-corrected chi connectivity index (χ0v) is 13.5. The van der Waals surface area contributed by atoms with Gasteiger partial charge < -0.3 is 4.74 Å². The Labute approximate surface area is 123 Å². The molecule has 0 aromatic heterocycles. The summed E-state index contributed by atoms with van der Waals surface area (Å²) in [6, 6.07) is 16.5. The first-order valence-electron chi connectivity index (χ1n) is 7.56. The van der Waals surface area contributed by atoms with E-state index in [1.807, 2.05) is 52.0 Å². The fraction of sp³-hybridized carbons (Fsp3) is 0.368. The second kappa shape index (κ2) is 7.14. The van der Waals surface area contributed by atoms with Crippen molar-refractivity contribution in [2.45, 2.75) is 47.0 Å². The van der Waals surface area contributed by atoms with Gasteiger partial charge in [0.15, 0.2) is 0 Å². The van der Waals surface area contributed by atoms with Gasteiger partial charge in [-0.25, -0.2) is 0 Å². The van der Waals surface area contributed by atoms with Crippen molar-refractivity contribution >= 4 is 0 Å². The van der Waals surface area contributed by atoms with Crippen LogP contribution >= 0.6 is 0 Å². The van der Waals surface area contributed by atoms with E-state index >= 15 is 0 Å². The van der Waals surface area contributed by atoms with E-state index in [1.165, 1.54) is 11.1 Å². The van der Waals surface area contributed by atoms with E-state index in [1.54, 1.807) is 0 Å². The minimum atomic E-state index is 0.0193. The Morgan fingerprint density at radius 1 is 0.650 bits per heavy atom. The highest BCUT2D eigenvalue weighted by molar-refractivity contribution is 5.56. The molecule has 1 heterocycles. The average molecular weight is 270 g/mol. The molecule has 1 aliphatic heterocycles. The SMILES string of the molecule is CC.CC.CC1(C)c2ccccc2Oc2ccccc21. The standard InChI is InChI=1S/C15H14O.2C2H6/c1-15(2)11-7-3-5-9-13(11)16-14-10-6-4-8-12(14)15;2*1-2/h3-10H,1-2H3;2*1-2H3. The molecule has 20 heavy (non-hydrogen) atoms. The highest BCUT2D eigenvalue weighted by Crippen LogP contribution is 2.47. The highest BCUT2D eigenvalue weighted by atomic mass is 16.5. The molecule has 0 atom stereocenters. The van der Waals surface area contributed by atoms with Crippen LogP contribution in [0.15, 0.2) is 48.5 Å². The number of benzene rings is 2. The van der Waals surface area contributed by atoms with Crippen LogP contribution in [0.2, 0.25) is 0 Å². The molecule has 108 valence electrons. The molecular formula is C19H26O. The molecule has 0 saturated heterocycles. The zero-order valence-electron chi connectivity index (χ0n) is 13.5. The molecule has 1 aliphatic rings. The van der Waals surface area contributed by atoms with Gasteiger partial charge in [-0.3, -0.25) is 0 Å². The molecule has 1 nitrogen and oxygen atoms in total. The second-order valence-corrected chi connectivity index (χ2v) is 4.72. The second-order valence-electron chi connectivity index (χ2n) is 4.72. The predicted octanol–water partition coefficient (Wildman–Crippen LogP) is 6.17. The van der Waals surface area contributed by atoms with E-state index in [9.17, 15) is 0 Å². The van der Waals surface area contributed by atoms with Crippen LogP contribution in [0.4, 0.5) is 0 Å². The van der Waals surface area contributed by atoms with Gasteiger partial charge in [0.25, 0.3) is 0 Å². The normalized spacial score (nSPS) is 13.3. The lowest BCUT2D eigenvalue weighted by Gasteiger charge is -2.34. The van der Waals surface area contributed by atoms with Gasteiger partial charge in [-0.15, -0.1) is 0 Å². The summed E-state index contributed by atoms with van der Waals surface area (Å²) in [5.74, 6) is 1.96. The maximum atomic E-state index is 5.91. The number of fused-ring (bicyclic) bond motifs is 2. The monoisotopic (exact) mass is 270 g/mol. The van der Waals surface area contributed by atoms with Crippen molar-refractivity contribution in [2.24, 2.45) is 0 Å².